The van der Waals surface area contributed by atoms with Crippen molar-refractivity contribution in [1.82, 2.24) is 9.80 Å². The van der Waals surface area contributed by atoms with Crippen LogP contribution in [0.4, 0.5) is 15.3 Å². The molecule has 2 saturated heterocycles. The highest BCUT2D eigenvalue weighted by molar-refractivity contribution is 6.00. The van der Waals surface area contributed by atoms with Gasteiger partial charge in [-0.2, -0.15) is 0 Å². The predicted molar refractivity (Wildman–Crippen MR) is 108 cm³/mol. The van der Waals surface area contributed by atoms with E-state index >= 15 is 0 Å². The number of anilines is 1. The molecule has 0 radical (unpaired) electrons. The number of urea groups is 1. The highest BCUT2D eigenvalue weighted by Gasteiger charge is 2.40. The molecule has 2 aliphatic heterocycles. The number of likely N-dealkylation sites (tertiary alicyclic amines) is 1. The summed E-state index contributed by atoms with van der Waals surface area (Å²) in [5.41, 5.74) is 0.737. The van der Waals surface area contributed by atoms with Crippen LogP contribution in [-0.2, 0) is 9.47 Å². The molecule has 158 valence electrons. The third kappa shape index (κ3) is 4.81. The van der Waals surface area contributed by atoms with E-state index in [1.807, 2.05) is 4.90 Å². The van der Waals surface area contributed by atoms with Crippen LogP contribution in [0.15, 0.2) is 24.3 Å². The molecule has 1 atom stereocenters. The number of carbonyl (C=O) groups excluding carboxylic acids is 3. The van der Waals surface area contributed by atoms with Gasteiger partial charge in [-0.3, -0.25) is 4.90 Å². The third-order valence-corrected chi connectivity index (χ3v) is 5.47. The fraction of sp³-hybridized carbons (Fsp3) is 0.571. The molecule has 2 heterocycles. The summed E-state index contributed by atoms with van der Waals surface area (Å²) in [6, 6.07) is 6.69. The molecule has 0 spiro atoms. The molecule has 0 aromatic heterocycles. The van der Waals surface area contributed by atoms with Gasteiger partial charge in [0, 0.05) is 19.1 Å². The van der Waals surface area contributed by atoms with E-state index in [1.165, 1.54) is 7.11 Å². The molecule has 8 nitrogen and oxygen atoms in total. The summed E-state index contributed by atoms with van der Waals surface area (Å²) in [7, 11) is 1.31. The average molecular weight is 403 g/mol. The maximum Gasteiger partial charge on any atom is 0.410 e. The summed E-state index contributed by atoms with van der Waals surface area (Å²) < 4.78 is 10.1. The van der Waals surface area contributed by atoms with E-state index in [1.54, 1.807) is 29.2 Å². The molecule has 1 unspecified atom stereocenters. The maximum atomic E-state index is 12.7. The summed E-state index contributed by atoms with van der Waals surface area (Å²) in [5, 5.41) is 2.80. The van der Waals surface area contributed by atoms with Crippen molar-refractivity contribution in [2.75, 3.05) is 32.1 Å². The van der Waals surface area contributed by atoms with Gasteiger partial charge in [0.1, 0.15) is 6.61 Å². The van der Waals surface area contributed by atoms with Crippen molar-refractivity contribution in [2.24, 2.45) is 5.92 Å². The minimum atomic E-state index is -0.497. The van der Waals surface area contributed by atoms with Crippen LogP contribution in [0.1, 0.15) is 43.5 Å². The number of nitrogens with one attached hydrogen (secondary N) is 1. The summed E-state index contributed by atoms with van der Waals surface area (Å²) in [5.74, 6) is -0.0129. The van der Waals surface area contributed by atoms with E-state index in [4.69, 9.17) is 9.47 Å². The molecule has 1 aromatic carbocycles. The standard InChI is InChI=1S/C21H29N3O5/c1-14(2)12-16-13-29-21(27)24(16)15-8-10-23(11-9-15)20(26)22-18-7-5-4-6-17(18)19(25)28-3/h4-7,14-16H,8-13H2,1-3H3,(H,22,26). The fourth-order valence-electron chi connectivity index (χ4n) is 4.07. The molecule has 29 heavy (non-hydrogen) atoms. The van der Waals surface area contributed by atoms with Crippen molar-refractivity contribution in [3.05, 3.63) is 29.8 Å². The van der Waals surface area contributed by atoms with Crippen molar-refractivity contribution < 1.29 is 23.9 Å². The molecule has 0 saturated carbocycles. The number of esters is 1. The number of piperidine rings is 1. The van der Waals surface area contributed by atoms with Gasteiger partial charge in [-0.1, -0.05) is 26.0 Å². The van der Waals surface area contributed by atoms with E-state index in [2.05, 4.69) is 19.2 Å². The van der Waals surface area contributed by atoms with Crippen molar-refractivity contribution in [1.29, 1.82) is 0 Å². The summed E-state index contributed by atoms with van der Waals surface area (Å²) in [6.07, 6.45) is 2.08. The minimum Gasteiger partial charge on any atom is -0.465 e. The molecule has 8 heteroatoms. The molecule has 1 aromatic rings. The van der Waals surface area contributed by atoms with Crippen molar-refractivity contribution in [2.45, 2.75) is 45.2 Å². The lowest BCUT2D eigenvalue weighted by Gasteiger charge is -2.38. The lowest BCUT2D eigenvalue weighted by atomic mass is 9.98. The van der Waals surface area contributed by atoms with E-state index in [-0.39, 0.29) is 24.2 Å². The van der Waals surface area contributed by atoms with Gasteiger partial charge in [0.25, 0.3) is 0 Å². The molecular weight excluding hydrogens is 374 g/mol. The maximum absolute atomic E-state index is 12.7. The van der Waals surface area contributed by atoms with Gasteiger partial charge in [0.15, 0.2) is 0 Å². The van der Waals surface area contributed by atoms with Gasteiger partial charge in [0.2, 0.25) is 0 Å². The lowest BCUT2D eigenvalue weighted by Crippen LogP contribution is -2.50. The zero-order valence-corrected chi connectivity index (χ0v) is 17.2. The van der Waals surface area contributed by atoms with Crippen molar-refractivity contribution in [3.8, 4) is 0 Å². The Labute approximate surface area is 171 Å². The molecule has 0 aliphatic carbocycles. The lowest BCUT2D eigenvalue weighted by molar-refractivity contribution is 0.0602. The van der Waals surface area contributed by atoms with Crippen LogP contribution in [0.3, 0.4) is 0 Å². The van der Waals surface area contributed by atoms with Crippen LogP contribution in [0, 0.1) is 5.92 Å². The first kappa shape index (κ1) is 21.0. The van der Waals surface area contributed by atoms with Crippen LogP contribution < -0.4 is 5.32 Å². The zero-order valence-electron chi connectivity index (χ0n) is 17.2. The number of nitrogens with zero attached hydrogens (tertiary/aromatic N) is 2. The fourth-order valence-corrected chi connectivity index (χ4v) is 4.07. The Morgan fingerprint density at radius 1 is 1.24 bits per heavy atom. The average Bonchev–Trinajstić information content (AvgIpc) is 3.07. The number of methoxy groups -OCH3 is 1. The molecule has 0 bridgehead atoms. The smallest absolute Gasteiger partial charge is 0.410 e. The number of ether oxygens (including phenoxy) is 2. The number of hydrogen-bond acceptors (Lipinski definition) is 5. The van der Waals surface area contributed by atoms with Gasteiger partial charge >= 0.3 is 18.1 Å². The summed E-state index contributed by atoms with van der Waals surface area (Å²) in [6.45, 7) is 5.80. The number of hydrogen-bond donors (Lipinski definition) is 1. The number of para-hydroxylation sites is 1. The number of cyclic esters (lactones) is 1. The van der Waals surface area contributed by atoms with Crippen molar-refractivity contribution in [3.63, 3.8) is 0 Å². The van der Waals surface area contributed by atoms with E-state index in [0.717, 1.165) is 6.42 Å². The topological polar surface area (TPSA) is 88.2 Å². The van der Waals surface area contributed by atoms with Crippen LogP contribution in [0.2, 0.25) is 0 Å². The second-order valence-corrected chi connectivity index (χ2v) is 7.95. The van der Waals surface area contributed by atoms with Crippen LogP contribution in [-0.4, -0.2) is 66.8 Å². The quantitative estimate of drug-likeness (QED) is 0.762. The first-order valence-electron chi connectivity index (χ1n) is 10.1. The Hall–Kier alpha value is -2.77. The van der Waals surface area contributed by atoms with E-state index < -0.39 is 5.97 Å². The number of benzene rings is 1. The normalized spacial score (nSPS) is 20.0. The molecule has 3 rings (SSSR count). The Kier molecular flexibility index (Phi) is 6.61. The highest BCUT2D eigenvalue weighted by Crippen LogP contribution is 2.27. The van der Waals surface area contributed by atoms with Crippen LogP contribution >= 0.6 is 0 Å². The van der Waals surface area contributed by atoms with E-state index in [9.17, 15) is 14.4 Å². The largest absolute Gasteiger partial charge is 0.465 e. The molecule has 3 amide bonds. The molecule has 2 aliphatic rings. The SMILES string of the molecule is COC(=O)c1ccccc1NC(=O)N1CCC(N2C(=O)OCC2CC(C)C)CC1. The second kappa shape index (κ2) is 9.15. The Bertz CT molecular complexity index is 758. The summed E-state index contributed by atoms with van der Waals surface area (Å²) >= 11 is 0. The Morgan fingerprint density at radius 2 is 1.93 bits per heavy atom. The molecule has 1 N–H and O–H groups in total. The number of amides is 3. The number of carbonyl (C=O) groups is 3. The van der Waals surface area contributed by atoms with Crippen LogP contribution in [0.5, 0.6) is 0 Å². The predicted octanol–water partition coefficient (Wildman–Crippen LogP) is 3.34. The van der Waals surface area contributed by atoms with Gasteiger partial charge in [-0.15, -0.1) is 0 Å². The zero-order chi connectivity index (χ0) is 21.0. The van der Waals surface area contributed by atoms with Gasteiger partial charge in [-0.05, 0) is 37.3 Å². The van der Waals surface area contributed by atoms with Crippen LogP contribution in [0.25, 0.3) is 0 Å². The minimum absolute atomic E-state index is 0.0835. The first-order chi connectivity index (χ1) is 13.9. The van der Waals surface area contributed by atoms with Gasteiger partial charge in [0.05, 0.1) is 24.4 Å². The monoisotopic (exact) mass is 403 g/mol. The Morgan fingerprint density at radius 3 is 2.59 bits per heavy atom. The van der Waals surface area contributed by atoms with Crippen molar-refractivity contribution >= 4 is 23.8 Å². The molecule has 2 fully saturated rings. The second-order valence-electron chi connectivity index (χ2n) is 7.95. The molecular formula is C21H29N3O5. The van der Waals surface area contributed by atoms with E-state index in [0.29, 0.717) is 49.7 Å². The number of rotatable bonds is 5. The first-order valence-corrected chi connectivity index (χ1v) is 10.1. The highest BCUT2D eigenvalue weighted by atomic mass is 16.6. The third-order valence-electron chi connectivity index (χ3n) is 5.47. The summed E-state index contributed by atoms with van der Waals surface area (Å²) in [4.78, 5) is 40.4. The Balaban J connectivity index is 1.59. The van der Waals surface area contributed by atoms with Gasteiger partial charge in [-0.25, -0.2) is 14.4 Å². The van der Waals surface area contributed by atoms with Gasteiger partial charge < -0.3 is 19.7 Å².